The molecule has 1 aromatic carbocycles. The molecule has 5 heteroatoms. The number of hydrogen-bond acceptors (Lipinski definition) is 3. The number of benzene rings is 1. The number of rotatable bonds is 1. The Morgan fingerprint density at radius 3 is 2.38 bits per heavy atom. The molecule has 116 valence electrons. The van der Waals surface area contributed by atoms with E-state index in [9.17, 15) is 9.90 Å². The van der Waals surface area contributed by atoms with Crippen LogP contribution in [0.5, 0.6) is 0 Å². The van der Waals surface area contributed by atoms with Crippen LogP contribution in [0, 0.1) is 6.92 Å². The maximum Gasteiger partial charge on any atom is 0.199 e. The summed E-state index contributed by atoms with van der Waals surface area (Å²) in [5, 5.41) is 10.5. The minimum atomic E-state index is -0.191. The molecular weight excluding hydrogens is 296 g/mol. The second-order valence-corrected chi connectivity index (χ2v) is 6.02. The molecule has 0 unspecified atom stereocenters. The lowest BCUT2D eigenvalue weighted by atomic mass is 9.91. The third kappa shape index (κ3) is 2.85. The maximum atomic E-state index is 12.7. The van der Waals surface area contributed by atoms with Crippen molar-refractivity contribution < 1.29 is 9.90 Å². The minimum absolute atomic E-state index is 0.00370. The van der Waals surface area contributed by atoms with Crippen LogP contribution < -0.4 is 10.9 Å². The smallest absolute Gasteiger partial charge is 0.199 e. The Morgan fingerprint density at radius 2 is 1.67 bits per heavy atom. The molecule has 0 amide bonds. The maximum absolute atomic E-state index is 12.7. The van der Waals surface area contributed by atoms with E-state index in [4.69, 9.17) is 0 Å². The van der Waals surface area contributed by atoms with Crippen molar-refractivity contribution in [3.8, 4) is 0 Å². The molecule has 0 fully saturated rings. The Morgan fingerprint density at radius 1 is 0.958 bits per heavy atom. The fraction of sp³-hybridized carbons (Fsp3) is 0.0526. The number of aryl methyl sites for hydroxylation is 1. The summed E-state index contributed by atoms with van der Waals surface area (Å²) >= 11 is 0. The highest BCUT2D eigenvalue weighted by atomic mass is 16.3. The molecule has 1 N–H and O–H groups in total. The first-order valence-electron chi connectivity index (χ1n) is 7.85. The number of carbonyl (C=O) groups excluding carboxylic acids is 1. The second kappa shape index (κ2) is 6.36. The Hall–Kier alpha value is -2.81. The van der Waals surface area contributed by atoms with Gasteiger partial charge in [0.05, 0.1) is 11.3 Å². The van der Waals surface area contributed by atoms with Crippen molar-refractivity contribution in [1.29, 1.82) is 0 Å². The normalized spacial score (nSPS) is 12.8. The molecule has 0 saturated carbocycles. The molecule has 3 nitrogen and oxygen atoms in total. The third-order valence-electron chi connectivity index (χ3n) is 4.26. The average Bonchev–Trinajstić information content (AvgIpc) is 2.84. The lowest BCUT2D eigenvalue weighted by molar-refractivity contribution is 0.105. The lowest BCUT2D eigenvalue weighted by Gasteiger charge is -2.01. The molecule has 1 aromatic heterocycles. The highest BCUT2D eigenvalue weighted by Gasteiger charge is 2.30. The molecule has 0 radical (unpaired) electrons. The van der Waals surface area contributed by atoms with Crippen LogP contribution in [0.15, 0.2) is 54.7 Å². The van der Waals surface area contributed by atoms with E-state index in [1.54, 1.807) is 36.5 Å². The zero-order chi connectivity index (χ0) is 17.3. The van der Waals surface area contributed by atoms with E-state index < -0.39 is 0 Å². The molecule has 24 heavy (non-hydrogen) atoms. The molecule has 3 rings (SSSR count). The fourth-order valence-corrected chi connectivity index (χ4v) is 2.63. The lowest BCUT2D eigenvalue weighted by Crippen LogP contribution is -2.08. The molecular formula is C19H17B2NO2. The van der Waals surface area contributed by atoms with E-state index in [-0.39, 0.29) is 17.1 Å². The summed E-state index contributed by atoms with van der Waals surface area (Å²) in [7, 11) is 3.99. The first-order valence-corrected chi connectivity index (χ1v) is 7.85. The van der Waals surface area contributed by atoms with Gasteiger partial charge in [-0.25, -0.2) is 0 Å². The van der Waals surface area contributed by atoms with Crippen LogP contribution in [0.2, 0.25) is 0 Å². The summed E-state index contributed by atoms with van der Waals surface area (Å²) < 4.78 is 0. The highest BCUT2D eigenvalue weighted by molar-refractivity contribution is 6.38. The van der Waals surface area contributed by atoms with Gasteiger partial charge in [0.15, 0.2) is 5.78 Å². The number of nitrogens with zero attached hydrogens (tertiary/aromatic N) is 1. The number of aliphatic hydroxyl groups excluding tert-OH is 1. The van der Waals surface area contributed by atoms with Crippen LogP contribution in [0.1, 0.15) is 27.2 Å². The average molecular weight is 313 g/mol. The second-order valence-electron chi connectivity index (χ2n) is 6.02. The molecule has 2 aromatic rings. The van der Waals surface area contributed by atoms with Gasteiger partial charge in [0, 0.05) is 17.3 Å². The van der Waals surface area contributed by atoms with Gasteiger partial charge in [-0.3, -0.25) is 9.78 Å². The minimum Gasteiger partial charge on any atom is -0.506 e. The standard InChI is InChI=1S/C19H17B2NO2/c1-11-6-9-16(22-10-12(20)7-8-15(11)21)17-18(23)13-4-2-3-5-14(13)19(17)24/h2-10,23H,20-21H2,1H3. The van der Waals surface area contributed by atoms with Gasteiger partial charge in [0.25, 0.3) is 0 Å². The monoisotopic (exact) mass is 313 g/mol. The number of aromatic nitrogens is 1. The van der Waals surface area contributed by atoms with Crippen molar-refractivity contribution in [2.45, 2.75) is 6.92 Å². The van der Waals surface area contributed by atoms with Crippen molar-refractivity contribution in [2.75, 3.05) is 0 Å². The predicted molar refractivity (Wildman–Crippen MR) is 103 cm³/mol. The van der Waals surface area contributed by atoms with Crippen molar-refractivity contribution >= 4 is 43.7 Å². The van der Waals surface area contributed by atoms with Crippen LogP contribution in [0.3, 0.4) is 0 Å². The first-order chi connectivity index (χ1) is 11.5. The summed E-state index contributed by atoms with van der Waals surface area (Å²) in [5.41, 5.74) is 4.99. The van der Waals surface area contributed by atoms with Crippen LogP contribution >= 0.6 is 0 Å². The predicted octanol–water partition coefficient (Wildman–Crippen LogP) is 0.654. The summed E-state index contributed by atoms with van der Waals surface area (Å²) in [4.78, 5) is 17.2. The van der Waals surface area contributed by atoms with E-state index in [0.29, 0.717) is 16.8 Å². The third-order valence-corrected chi connectivity index (χ3v) is 4.26. The van der Waals surface area contributed by atoms with Crippen LogP contribution in [0.25, 0.3) is 11.3 Å². The highest BCUT2D eigenvalue weighted by Crippen LogP contribution is 2.35. The largest absolute Gasteiger partial charge is 0.506 e. The molecule has 1 heterocycles. The summed E-state index contributed by atoms with van der Waals surface area (Å²) in [6.45, 7) is 2.01. The van der Waals surface area contributed by atoms with Gasteiger partial charge >= 0.3 is 0 Å². The van der Waals surface area contributed by atoms with Crippen molar-refractivity contribution in [3.05, 3.63) is 77.1 Å². The Labute approximate surface area is 143 Å². The van der Waals surface area contributed by atoms with E-state index in [1.165, 1.54) is 0 Å². The number of fused-ring (bicyclic) bond motifs is 1. The number of allylic oxidation sites excluding steroid dienone is 1. The Kier molecular flexibility index (Phi) is 4.26. The van der Waals surface area contributed by atoms with Crippen molar-refractivity contribution in [2.24, 2.45) is 0 Å². The van der Waals surface area contributed by atoms with E-state index in [0.717, 1.165) is 16.5 Å². The van der Waals surface area contributed by atoms with E-state index in [1.807, 2.05) is 40.8 Å². The Bertz CT molecular complexity index is 934. The van der Waals surface area contributed by atoms with E-state index in [2.05, 4.69) is 4.98 Å². The number of aliphatic hydroxyl groups is 1. The summed E-state index contributed by atoms with van der Waals surface area (Å²) in [5.74, 6) is -0.195. The van der Waals surface area contributed by atoms with Gasteiger partial charge in [-0.15, -0.1) is 0 Å². The SMILES string of the molecule is Bc1ccc(B)c(C)ccc(C2=C(O)c3ccccc3C2=O)nc1. The van der Waals surface area contributed by atoms with Crippen molar-refractivity contribution in [3.63, 3.8) is 0 Å². The molecule has 0 atom stereocenters. The Balaban J connectivity index is 2.25. The van der Waals surface area contributed by atoms with Crippen LogP contribution in [0.4, 0.5) is 0 Å². The zero-order valence-electron chi connectivity index (χ0n) is 14.0. The molecule has 1 aliphatic carbocycles. The number of carbonyl (C=O) groups is 1. The van der Waals surface area contributed by atoms with Crippen LogP contribution in [-0.4, -0.2) is 31.6 Å². The zero-order valence-corrected chi connectivity index (χ0v) is 14.0. The molecule has 0 spiro atoms. The molecule has 1 aliphatic rings. The number of ketones is 1. The molecule has 0 saturated heterocycles. The molecule has 0 bridgehead atoms. The van der Waals surface area contributed by atoms with Gasteiger partial charge in [-0.2, -0.15) is 0 Å². The molecule has 0 aliphatic heterocycles. The van der Waals surface area contributed by atoms with Gasteiger partial charge in [-0.05, 0) is 13.0 Å². The van der Waals surface area contributed by atoms with Gasteiger partial charge in [0.2, 0.25) is 0 Å². The van der Waals surface area contributed by atoms with Crippen molar-refractivity contribution in [1.82, 2.24) is 4.98 Å². The quantitative estimate of drug-likeness (QED) is 0.787. The summed E-state index contributed by atoms with van der Waals surface area (Å²) in [6.07, 6.45) is 1.71. The van der Waals surface area contributed by atoms with Gasteiger partial charge in [0.1, 0.15) is 21.5 Å². The van der Waals surface area contributed by atoms with Crippen LogP contribution in [-0.2, 0) is 0 Å². The number of Topliss-reactive ketones (excluding diaryl/α,β-unsaturated/α-hetero) is 1. The first kappa shape index (κ1) is 16.1. The number of hydrogen-bond donors (Lipinski definition) is 1. The summed E-state index contributed by atoms with van der Waals surface area (Å²) in [6, 6.07) is 14.8. The fourth-order valence-electron chi connectivity index (χ4n) is 2.63. The van der Waals surface area contributed by atoms with Gasteiger partial charge in [-0.1, -0.05) is 59.0 Å². The topological polar surface area (TPSA) is 50.2 Å². The van der Waals surface area contributed by atoms with Gasteiger partial charge < -0.3 is 5.11 Å². The van der Waals surface area contributed by atoms with E-state index >= 15 is 0 Å².